The fraction of sp³-hybridized carbons (Fsp3) is 0.147. The Morgan fingerprint density at radius 1 is 0.686 bits per heavy atom. The van der Waals surface area contributed by atoms with Gasteiger partial charge < -0.3 is 0 Å². The average molecular weight is 463 g/mol. The van der Waals surface area contributed by atoms with Gasteiger partial charge in [0.15, 0.2) is 5.78 Å². The van der Waals surface area contributed by atoms with Crippen LogP contribution in [0.5, 0.6) is 0 Å². The summed E-state index contributed by atoms with van der Waals surface area (Å²) >= 11 is 0. The topological polar surface area (TPSA) is 17.1 Å². The van der Waals surface area contributed by atoms with E-state index in [1.54, 1.807) is 30.4 Å². The van der Waals surface area contributed by atoms with Crippen molar-refractivity contribution in [2.75, 3.05) is 0 Å². The monoisotopic (exact) mass is 462 g/mol. The lowest BCUT2D eigenvalue weighted by molar-refractivity contribution is -0.112. The summed E-state index contributed by atoms with van der Waals surface area (Å²) in [6.07, 6.45) is 34.5. The van der Waals surface area contributed by atoms with Crippen molar-refractivity contribution in [3.8, 4) is 0 Å². The molecular formula is C34H38O. The third-order valence-corrected chi connectivity index (χ3v) is 5.50. The second-order valence-electron chi connectivity index (χ2n) is 7.64. The van der Waals surface area contributed by atoms with Crippen molar-refractivity contribution >= 4 is 5.78 Å². The maximum atomic E-state index is 13.9. The molecule has 1 aliphatic rings. The molecule has 1 aliphatic carbocycles. The highest BCUT2D eigenvalue weighted by Crippen LogP contribution is 2.57. The van der Waals surface area contributed by atoms with Gasteiger partial charge >= 0.3 is 0 Å². The van der Waals surface area contributed by atoms with E-state index in [-0.39, 0.29) is 5.78 Å². The smallest absolute Gasteiger partial charge is 0.193 e. The Balaban J connectivity index is 4.83. The van der Waals surface area contributed by atoms with Crippen LogP contribution in [-0.2, 0) is 4.79 Å². The summed E-state index contributed by atoms with van der Waals surface area (Å²) in [5.41, 5.74) is 3.97. The van der Waals surface area contributed by atoms with E-state index in [1.165, 1.54) is 0 Å². The first-order valence-corrected chi connectivity index (χ1v) is 11.8. The average Bonchev–Trinajstić information content (AvgIpc) is 2.85. The minimum Gasteiger partial charge on any atom is -0.289 e. The Labute approximate surface area is 212 Å². The molecule has 0 saturated carbocycles. The molecule has 0 N–H and O–H groups in total. The van der Waals surface area contributed by atoms with Crippen LogP contribution < -0.4 is 0 Å². The highest BCUT2D eigenvalue weighted by molar-refractivity contribution is 6.17. The van der Waals surface area contributed by atoms with Crippen LogP contribution in [0, 0.1) is 5.41 Å². The molecule has 0 spiro atoms. The molecule has 180 valence electrons. The van der Waals surface area contributed by atoms with Gasteiger partial charge in [0.1, 0.15) is 0 Å². The lowest BCUT2D eigenvalue weighted by Crippen LogP contribution is -2.37. The predicted octanol–water partition coefficient (Wildman–Crippen LogP) is 9.16. The standard InChI is InChI=1S/C34H38O/c1-9-17-25-28(21-13-5)34(27(19-11-3)20-12-4)31(24-16-8)29(22-14-6)33(35)30(23-15-7)32(34)26-18-10-2/h9-26H,1,3,5,7H2,2,4,6,8H3/b18-10-,20-12-,22-14-,24-16-,25-17-,27-19+,28-21+,30-23+,32-26+. The molecule has 0 radical (unpaired) electrons. The molecule has 0 aromatic rings. The van der Waals surface area contributed by atoms with Gasteiger partial charge in [0.2, 0.25) is 0 Å². The van der Waals surface area contributed by atoms with Gasteiger partial charge in [0.25, 0.3) is 0 Å². The first kappa shape index (κ1) is 29.1. The van der Waals surface area contributed by atoms with Crippen LogP contribution in [0.2, 0.25) is 0 Å². The Morgan fingerprint density at radius 3 is 1.80 bits per heavy atom. The van der Waals surface area contributed by atoms with Crippen LogP contribution in [0.15, 0.2) is 169 Å². The largest absolute Gasteiger partial charge is 0.289 e. The van der Waals surface area contributed by atoms with Crippen molar-refractivity contribution in [1.29, 1.82) is 0 Å². The van der Waals surface area contributed by atoms with Gasteiger partial charge in [-0.1, -0.05) is 136 Å². The minimum atomic E-state index is -0.849. The van der Waals surface area contributed by atoms with Crippen LogP contribution in [0.3, 0.4) is 0 Å². The fourth-order valence-electron chi connectivity index (χ4n) is 4.35. The second kappa shape index (κ2) is 15.0. The molecule has 0 aromatic carbocycles. The zero-order valence-corrected chi connectivity index (χ0v) is 21.6. The van der Waals surface area contributed by atoms with E-state index < -0.39 is 5.41 Å². The predicted molar refractivity (Wildman–Crippen MR) is 156 cm³/mol. The first-order chi connectivity index (χ1) is 17.0. The molecular weight excluding hydrogens is 424 g/mol. The molecule has 0 fully saturated rings. The third kappa shape index (κ3) is 6.13. The molecule has 0 heterocycles. The molecule has 0 aliphatic heterocycles. The van der Waals surface area contributed by atoms with E-state index in [0.29, 0.717) is 11.1 Å². The molecule has 35 heavy (non-hydrogen) atoms. The Kier molecular flexibility index (Phi) is 12.5. The lowest BCUT2D eigenvalue weighted by atomic mass is 9.56. The summed E-state index contributed by atoms with van der Waals surface area (Å²) in [6, 6.07) is 0. The van der Waals surface area contributed by atoms with Gasteiger partial charge in [-0.3, -0.25) is 4.79 Å². The van der Waals surface area contributed by atoms with Crippen molar-refractivity contribution in [3.05, 3.63) is 169 Å². The van der Waals surface area contributed by atoms with E-state index in [0.717, 1.165) is 22.3 Å². The van der Waals surface area contributed by atoms with Gasteiger partial charge in [-0.25, -0.2) is 0 Å². The number of rotatable bonds is 11. The van der Waals surface area contributed by atoms with E-state index in [1.807, 2.05) is 101 Å². The number of Topliss-reactive ketones (excluding diaryl/α,β-unsaturated/α-hetero) is 1. The first-order valence-electron chi connectivity index (χ1n) is 11.8. The molecule has 1 heteroatoms. The van der Waals surface area contributed by atoms with E-state index in [2.05, 4.69) is 32.4 Å². The molecule has 1 atom stereocenters. The van der Waals surface area contributed by atoms with Gasteiger partial charge in [-0.05, 0) is 50.0 Å². The van der Waals surface area contributed by atoms with E-state index >= 15 is 0 Å². The molecule has 1 unspecified atom stereocenters. The second-order valence-corrected chi connectivity index (χ2v) is 7.64. The quantitative estimate of drug-likeness (QED) is 0.221. The van der Waals surface area contributed by atoms with Gasteiger partial charge in [-0.15, -0.1) is 0 Å². The highest BCUT2D eigenvalue weighted by atomic mass is 16.1. The third-order valence-electron chi connectivity index (χ3n) is 5.50. The van der Waals surface area contributed by atoms with E-state index in [4.69, 9.17) is 0 Å². The Hall–Kier alpha value is -3.97. The van der Waals surface area contributed by atoms with E-state index in [9.17, 15) is 4.79 Å². The molecule has 0 saturated heterocycles. The summed E-state index contributed by atoms with van der Waals surface area (Å²) in [6.45, 7) is 23.6. The highest BCUT2D eigenvalue weighted by Gasteiger charge is 2.49. The molecule has 1 nitrogen and oxygen atoms in total. The molecule has 1 rings (SSSR count). The summed E-state index contributed by atoms with van der Waals surface area (Å²) in [7, 11) is 0. The van der Waals surface area contributed by atoms with Crippen LogP contribution in [0.25, 0.3) is 0 Å². The molecule has 0 bridgehead atoms. The molecule has 0 amide bonds. The van der Waals surface area contributed by atoms with Gasteiger partial charge in [-0.2, -0.15) is 0 Å². The summed E-state index contributed by atoms with van der Waals surface area (Å²) in [5.74, 6) is -0.0495. The number of hydrogen-bond acceptors (Lipinski definition) is 1. The molecule has 0 aromatic heterocycles. The van der Waals surface area contributed by atoms with Crippen molar-refractivity contribution in [3.63, 3.8) is 0 Å². The number of allylic oxidation sites excluding steroid dienone is 24. The number of ketones is 1. The fourth-order valence-corrected chi connectivity index (χ4v) is 4.35. The van der Waals surface area contributed by atoms with Crippen molar-refractivity contribution in [2.45, 2.75) is 27.7 Å². The lowest BCUT2D eigenvalue weighted by Gasteiger charge is -2.45. The Bertz CT molecular complexity index is 1140. The van der Waals surface area contributed by atoms with Gasteiger partial charge in [0, 0.05) is 11.1 Å². The van der Waals surface area contributed by atoms with Crippen molar-refractivity contribution in [2.24, 2.45) is 5.41 Å². The van der Waals surface area contributed by atoms with Crippen LogP contribution in [0.1, 0.15) is 27.7 Å². The summed E-state index contributed by atoms with van der Waals surface area (Å²) in [4.78, 5) is 13.9. The minimum absolute atomic E-state index is 0.0495. The normalized spacial score (nSPS) is 22.7. The number of carbonyl (C=O) groups excluding carboxylic acids is 1. The zero-order valence-electron chi connectivity index (χ0n) is 21.6. The number of carbonyl (C=O) groups is 1. The van der Waals surface area contributed by atoms with Crippen LogP contribution >= 0.6 is 0 Å². The van der Waals surface area contributed by atoms with Crippen LogP contribution in [0.4, 0.5) is 0 Å². The zero-order chi connectivity index (χ0) is 26.3. The van der Waals surface area contributed by atoms with Crippen molar-refractivity contribution in [1.82, 2.24) is 0 Å². The maximum absolute atomic E-state index is 13.9. The van der Waals surface area contributed by atoms with Gasteiger partial charge in [0.05, 0.1) is 5.41 Å². The van der Waals surface area contributed by atoms with Crippen molar-refractivity contribution < 1.29 is 4.79 Å². The SMILES string of the molecule is C=C/C=C\C(=C/C=C)C1(C(/C=C\C)=C/C=C)C(/C=C\C)=C(/C=C\C)C(=O)C(=C/C=C)/C1=C\C=C/C. The summed E-state index contributed by atoms with van der Waals surface area (Å²) in [5, 5.41) is 0. The maximum Gasteiger partial charge on any atom is 0.193 e. The summed E-state index contributed by atoms with van der Waals surface area (Å²) < 4.78 is 0. The Morgan fingerprint density at radius 2 is 1.31 bits per heavy atom. The number of hydrogen-bond donors (Lipinski definition) is 0. The van der Waals surface area contributed by atoms with Crippen LogP contribution in [-0.4, -0.2) is 5.78 Å².